The molecule has 1 aromatic carbocycles. The van der Waals surface area contributed by atoms with E-state index in [0.717, 1.165) is 25.2 Å². The quantitative estimate of drug-likeness (QED) is 0.910. The van der Waals surface area contributed by atoms with Gasteiger partial charge in [-0.25, -0.2) is 0 Å². The minimum Gasteiger partial charge on any atom is -0.317 e. The van der Waals surface area contributed by atoms with E-state index in [-0.39, 0.29) is 0 Å². The molecule has 1 aromatic rings. The molecule has 0 unspecified atom stereocenters. The molecule has 3 nitrogen and oxygen atoms in total. The summed E-state index contributed by atoms with van der Waals surface area (Å²) in [5, 5.41) is 12.9. The number of hydrogen-bond acceptors (Lipinski definition) is 3. The molecule has 0 radical (unpaired) electrons. The second-order valence-electron chi connectivity index (χ2n) is 4.81. The van der Waals surface area contributed by atoms with Crippen LogP contribution in [0.2, 0.25) is 5.02 Å². The van der Waals surface area contributed by atoms with Crippen molar-refractivity contribution in [3.8, 4) is 6.07 Å². The van der Waals surface area contributed by atoms with Crippen LogP contribution < -0.4 is 5.32 Å². The van der Waals surface area contributed by atoms with Crippen molar-refractivity contribution >= 4 is 11.6 Å². The maximum absolute atomic E-state index is 8.81. The van der Waals surface area contributed by atoms with Crippen LogP contribution in [0.15, 0.2) is 18.2 Å². The van der Waals surface area contributed by atoms with Gasteiger partial charge in [0.25, 0.3) is 0 Å². The van der Waals surface area contributed by atoms with E-state index in [0.29, 0.717) is 16.6 Å². The number of benzene rings is 1. The maximum atomic E-state index is 8.81. The first kappa shape index (κ1) is 13.4. The predicted molar refractivity (Wildman–Crippen MR) is 73.5 cm³/mol. The average molecular weight is 264 g/mol. The Morgan fingerprint density at radius 2 is 2.17 bits per heavy atom. The fourth-order valence-electron chi connectivity index (χ4n) is 2.39. The van der Waals surface area contributed by atoms with Gasteiger partial charge in [0.1, 0.15) is 0 Å². The number of piperidine rings is 1. The van der Waals surface area contributed by atoms with Crippen LogP contribution >= 0.6 is 11.6 Å². The van der Waals surface area contributed by atoms with Crippen molar-refractivity contribution in [1.29, 1.82) is 5.26 Å². The second-order valence-corrected chi connectivity index (χ2v) is 5.22. The summed E-state index contributed by atoms with van der Waals surface area (Å²) in [7, 11) is 2.14. The van der Waals surface area contributed by atoms with Crippen molar-refractivity contribution < 1.29 is 0 Å². The van der Waals surface area contributed by atoms with Crippen molar-refractivity contribution in [3.05, 3.63) is 34.3 Å². The zero-order valence-corrected chi connectivity index (χ0v) is 11.4. The number of rotatable bonds is 3. The molecule has 0 atom stereocenters. The Hall–Kier alpha value is -1.08. The van der Waals surface area contributed by atoms with Gasteiger partial charge in [0, 0.05) is 17.6 Å². The highest BCUT2D eigenvalue weighted by atomic mass is 35.5. The lowest BCUT2D eigenvalue weighted by atomic mass is 10.0. The van der Waals surface area contributed by atoms with E-state index < -0.39 is 0 Å². The van der Waals surface area contributed by atoms with Gasteiger partial charge in [-0.2, -0.15) is 5.26 Å². The molecule has 1 saturated heterocycles. The van der Waals surface area contributed by atoms with E-state index in [9.17, 15) is 0 Å². The number of hydrogen-bond donors (Lipinski definition) is 1. The first-order chi connectivity index (χ1) is 8.70. The molecular formula is C14H18ClN3. The van der Waals surface area contributed by atoms with Gasteiger partial charge in [0.05, 0.1) is 11.6 Å². The van der Waals surface area contributed by atoms with Crippen LogP contribution in [0, 0.1) is 11.3 Å². The van der Waals surface area contributed by atoms with Crippen LogP contribution in [0.1, 0.15) is 24.0 Å². The average Bonchev–Trinajstić information content (AvgIpc) is 2.42. The Kier molecular flexibility index (Phi) is 4.60. The summed E-state index contributed by atoms with van der Waals surface area (Å²) in [5.74, 6) is 0. The zero-order valence-electron chi connectivity index (χ0n) is 10.6. The van der Waals surface area contributed by atoms with Gasteiger partial charge in [-0.15, -0.1) is 0 Å². The Morgan fingerprint density at radius 1 is 1.44 bits per heavy atom. The van der Waals surface area contributed by atoms with Gasteiger partial charge in [0.2, 0.25) is 0 Å². The Morgan fingerprint density at radius 3 is 2.78 bits per heavy atom. The van der Waals surface area contributed by atoms with Crippen LogP contribution in [0.3, 0.4) is 0 Å². The molecule has 1 heterocycles. The lowest BCUT2D eigenvalue weighted by Gasteiger charge is -2.31. The Bertz CT molecular complexity index is 447. The molecule has 0 amide bonds. The Balaban J connectivity index is 2.02. The van der Waals surface area contributed by atoms with Gasteiger partial charge < -0.3 is 5.32 Å². The van der Waals surface area contributed by atoms with Gasteiger partial charge in [-0.3, -0.25) is 4.90 Å². The largest absolute Gasteiger partial charge is 0.317 e. The van der Waals surface area contributed by atoms with Gasteiger partial charge in [-0.1, -0.05) is 17.7 Å². The van der Waals surface area contributed by atoms with Gasteiger partial charge >= 0.3 is 0 Å². The normalized spacial score (nSPS) is 16.8. The first-order valence-electron chi connectivity index (χ1n) is 6.30. The molecule has 1 aliphatic rings. The third-order valence-electron chi connectivity index (χ3n) is 3.53. The Labute approximate surface area is 113 Å². The third kappa shape index (κ3) is 3.23. The molecule has 1 fully saturated rings. The van der Waals surface area contributed by atoms with E-state index in [1.807, 2.05) is 12.1 Å². The molecule has 0 spiro atoms. The fraction of sp³-hybridized carbons (Fsp3) is 0.500. The number of halogens is 1. The van der Waals surface area contributed by atoms with E-state index in [1.54, 1.807) is 6.07 Å². The molecule has 0 bridgehead atoms. The number of nitrogens with zero attached hydrogens (tertiary/aromatic N) is 2. The molecule has 96 valence electrons. The molecule has 0 aliphatic carbocycles. The monoisotopic (exact) mass is 263 g/mol. The molecule has 1 aliphatic heterocycles. The molecule has 0 saturated carbocycles. The van der Waals surface area contributed by atoms with E-state index in [1.165, 1.54) is 12.8 Å². The van der Waals surface area contributed by atoms with Crippen molar-refractivity contribution in [2.45, 2.75) is 25.4 Å². The predicted octanol–water partition coefficient (Wildman–Crippen LogP) is 2.40. The zero-order chi connectivity index (χ0) is 13.0. The van der Waals surface area contributed by atoms with Crippen molar-refractivity contribution in [2.75, 3.05) is 20.1 Å². The second kappa shape index (κ2) is 6.19. The van der Waals surface area contributed by atoms with E-state index >= 15 is 0 Å². The summed E-state index contributed by atoms with van der Waals surface area (Å²) < 4.78 is 0. The van der Waals surface area contributed by atoms with Crippen LogP contribution in [0.25, 0.3) is 0 Å². The lowest BCUT2D eigenvalue weighted by molar-refractivity contribution is 0.192. The van der Waals surface area contributed by atoms with Crippen LogP contribution in [0.5, 0.6) is 0 Å². The fourth-order valence-corrected chi connectivity index (χ4v) is 2.63. The van der Waals surface area contributed by atoms with E-state index in [2.05, 4.69) is 23.3 Å². The standard InChI is InChI=1S/C14H18ClN3/c1-18(13-4-6-17-7-5-13)10-12-3-2-11(9-16)8-14(12)15/h2-3,8,13,17H,4-7,10H2,1H3. The van der Waals surface area contributed by atoms with Crippen LogP contribution in [-0.2, 0) is 6.54 Å². The summed E-state index contributed by atoms with van der Waals surface area (Å²) in [4.78, 5) is 2.36. The highest BCUT2D eigenvalue weighted by molar-refractivity contribution is 6.31. The summed E-state index contributed by atoms with van der Waals surface area (Å²) in [6.07, 6.45) is 2.37. The topological polar surface area (TPSA) is 39.1 Å². The van der Waals surface area contributed by atoms with Crippen molar-refractivity contribution in [1.82, 2.24) is 10.2 Å². The molecule has 18 heavy (non-hydrogen) atoms. The van der Waals surface area contributed by atoms with Crippen LogP contribution in [-0.4, -0.2) is 31.1 Å². The molecule has 4 heteroatoms. The molecule has 0 aromatic heterocycles. The highest BCUT2D eigenvalue weighted by Gasteiger charge is 2.18. The summed E-state index contributed by atoms with van der Waals surface area (Å²) in [6.45, 7) is 3.03. The smallest absolute Gasteiger partial charge is 0.0992 e. The van der Waals surface area contributed by atoms with Gasteiger partial charge in [-0.05, 0) is 50.7 Å². The number of nitrogens with one attached hydrogen (secondary N) is 1. The van der Waals surface area contributed by atoms with Crippen molar-refractivity contribution in [3.63, 3.8) is 0 Å². The third-order valence-corrected chi connectivity index (χ3v) is 3.89. The highest BCUT2D eigenvalue weighted by Crippen LogP contribution is 2.21. The number of nitriles is 1. The molecule has 2 rings (SSSR count). The first-order valence-corrected chi connectivity index (χ1v) is 6.68. The molecule has 1 N–H and O–H groups in total. The summed E-state index contributed by atoms with van der Waals surface area (Å²) >= 11 is 6.20. The van der Waals surface area contributed by atoms with Crippen molar-refractivity contribution in [2.24, 2.45) is 0 Å². The van der Waals surface area contributed by atoms with Crippen LogP contribution in [0.4, 0.5) is 0 Å². The van der Waals surface area contributed by atoms with E-state index in [4.69, 9.17) is 16.9 Å². The summed E-state index contributed by atoms with van der Waals surface area (Å²) in [6, 6.07) is 8.26. The summed E-state index contributed by atoms with van der Waals surface area (Å²) in [5.41, 5.74) is 1.71. The molecular weight excluding hydrogens is 246 g/mol. The minimum absolute atomic E-state index is 0.619. The maximum Gasteiger partial charge on any atom is 0.0992 e. The SMILES string of the molecule is CN(Cc1ccc(C#N)cc1Cl)C1CCNCC1. The minimum atomic E-state index is 0.619. The van der Waals surface area contributed by atoms with Gasteiger partial charge in [0.15, 0.2) is 0 Å². The lowest BCUT2D eigenvalue weighted by Crippen LogP contribution is -2.40.